The lowest BCUT2D eigenvalue weighted by atomic mass is 10.1. The molecule has 1 aliphatic rings. The maximum atomic E-state index is 4.49. The second-order valence-corrected chi connectivity index (χ2v) is 4.34. The van der Waals surface area contributed by atoms with Crippen molar-refractivity contribution in [2.75, 3.05) is 5.01 Å². The van der Waals surface area contributed by atoms with Gasteiger partial charge >= 0.3 is 0 Å². The number of anilines is 1. The van der Waals surface area contributed by atoms with Gasteiger partial charge in [0.25, 0.3) is 0 Å². The first-order chi connectivity index (χ1) is 8.33. The van der Waals surface area contributed by atoms with Crippen LogP contribution in [-0.4, -0.2) is 6.21 Å². The zero-order chi connectivity index (χ0) is 11.7. The zero-order valence-corrected chi connectivity index (χ0v) is 9.80. The summed E-state index contributed by atoms with van der Waals surface area (Å²) in [5.41, 5.74) is 4.95. The summed E-state index contributed by atoms with van der Waals surface area (Å²) in [7, 11) is 0. The van der Waals surface area contributed by atoms with Crippen molar-refractivity contribution in [2.45, 2.75) is 13.5 Å². The van der Waals surface area contributed by atoms with Gasteiger partial charge in [-0.1, -0.05) is 36.4 Å². The Labute approximate surface area is 101 Å². The van der Waals surface area contributed by atoms with E-state index in [0.29, 0.717) is 0 Å². The van der Waals surface area contributed by atoms with Gasteiger partial charge in [-0.15, -0.1) is 0 Å². The first kappa shape index (κ1) is 10.1. The summed E-state index contributed by atoms with van der Waals surface area (Å²) in [6, 6.07) is 16.8. The van der Waals surface area contributed by atoms with Crippen molar-refractivity contribution in [1.29, 1.82) is 0 Å². The Balaban J connectivity index is 1.95. The van der Waals surface area contributed by atoms with Crippen LogP contribution in [0.4, 0.5) is 5.69 Å². The summed E-state index contributed by atoms with van der Waals surface area (Å²) >= 11 is 0. The SMILES string of the molecule is Cc1cccc(N2Cc3ccccc3C=N2)c1. The summed E-state index contributed by atoms with van der Waals surface area (Å²) in [6.07, 6.45) is 1.93. The molecule has 1 aliphatic heterocycles. The third kappa shape index (κ3) is 1.94. The Morgan fingerprint density at radius 1 is 1.06 bits per heavy atom. The van der Waals surface area contributed by atoms with E-state index in [2.05, 4.69) is 54.5 Å². The Bertz CT molecular complexity index is 573. The van der Waals surface area contributed by atoms with Gasteiger partial charge in [0, 0.05) is 0 Å². The van der Waals surface area contributed by atoms with Gasteiger partial charge in [-0.2, -0.15) is 5.10 Å². The minimum atomic E-state index is 0.843. The van der Waals surface area contributed by atoms with Crippen LogP contribution in [0, 0.1) is 6.92 Å². The summed E-state index contributed by atoms with van der Waals surface area (Å²) < 4.78 is 0. The molecule has 2 heteroatoms. The van der Waals surface area contributed by atoms with E-state index in [0.717, 1.165) is 12.2 Å². The van der Waals surface area contributed by atoms with Gasteiger partial charge in [-0.3, -0.25) is 5.01 Å². The second kappa shape index (κ2) is 4.06. The van der Waals surface area contributed by atoms with Crippen molar-refractivity contribution >= 4 is 11.9 Å². The van der Waals surface area contributed by atoms with E-state index in [1.807, 2.05) is 17.3 Å². The molecule has 84 valence electrons. The number of rotatable bonds is 1. The lowest BCUT2D eigenvalue weighted by Crippen LogP contribution is -2.20. The lowest BCUT2D eigenvalue weighted by Gasteiger charge is -2.24. The van der Waals surface area contributed by atoms with Crippen molar-refractivity contribution < 1.29 is 0 Å². The van der Waals surface area contributed by atoms with Crippen LogP contribution >= 0.6 is 0 Å². The number of hydrazone groups is 1. The van der Waals surface area contributed by atoms with Crippen LogP contribution in [0.1, 0.15) is 16.7 Å². The predicted octanol–water partition coefficient (Wildman–Crippen LogP) is 3.35. The molecule has 3 rings (SSSR count). The van der Waals surface area contributed by atoms with Gasteiger partial charge in [0.2, 0.25) is 0 Å². The summed E-state index contributed by atoms with van der Waals surface area (Å²) in [4.78, 5) is 0. The fraction of sp³-hybridized carbons (Fsp3) is 0.133. The minimum absolute atomic E-state index is 0.843. The molecule has 17 heavy (non-hydrogen) atoms. The smallest absolute Gasteiger partial charge is 0.0672 e. The van der Waals surface area contributed by atoms with Crippen LogP contribution in [-0.2, 0) is 6.54 Å². The Kier molecular flexibility index (Phi) is 2.41. The Hall–Kier alpha value is -2.09. The normalized spacial score (nSPS) is 13.6. The zero-order valence-electron chi connectivity index (χ0n) is 9.80. The quantitative estimate of drug-likeness (QED) is 0.722. The van der Waals surface area contributed by atoms with E-state index < -0.39 is 0 Å². The number of nitrogens with zero attached hydrogens (tertiary/aromatic N) is 2. The van der Waals surface area contributed by atoms with E-state index in [1.54, 1.807) is 0 Å². The summed E-state index contributed by atoms with van der Waals surface area (Å²) in [6.45, 7) is 2.95. The van der Waals surface area contributed by atoms with Crippen LogP contribution in [0.15, 0.2) is 53.6 Å². The van der Waals surface area contributed by atoms with Gasteiger partial charge in [0.05, 0.1) is 18.4 Å². The van der Waals surface area contributed by atoms with Gasteiger partial charge in [-0.05, 0) is 35.7 Å². The van der Waals surface area contributed by atoms with Gasteiger partial charge in [0.1, 0.15) is 0 Å². The fourth-order valence-corrected chi connectivity index (χ4v) is 2.08. The number of aryl methyl sites for hydroxylation is 1. The molecule has 0 bridgehead atoms. The van der Waals surface area contributed by atoms with Crippen LogP contribution in [0.3, 0.4) is 0 Å². The highest BCUT2D eigenvalue weighted by atomic mass is 15.5. The second-order valence-electron chi connectivity index (χ2n) is 4.34. The summed E-state index contributed by atoms with van der Waals surface area (Å²) in [5.74, 6) is 0. The minimum Gasteiger partial charge on any atom is -0.261 e. The molecule has 2 nitrogen and oxygen atoms in total. The number of fused-ring (bicyclic) bond motifs is 1. The molecule has 0 N–H and O–H groups in total. The molecule has 2 aromatic rings. The van der Waals surface area contributed by atoms with E-state index in [9.17, 15) is 0 Å². The van der Waals surface area contributed by atoms with Gasteiger partial charge in [0.15, 0.2) is 0 Å². The highest BCUT2D eigenvalue weighted by Gasteiger charge is 2.12. The molecule has 0 radical (unpaired) electrons. The monoisotopic (exact) mass is 222 g/mol. The molecular weight excluding hydrogens is 208 g/mol. The van der Waals surface area contributed by atoms with Crippen molar-refractivity contribution in [3.8, 4) is 0 Å². The number of hydrogen-bond acceptors (Lipinski definition) is 2. The average molecular weight is 222 g/mol. The molecule has 0 aliphatic carbocycles. The van der Waals surface area contributed by atoms with E-state index in [1.165, 1.54) is 16.7 Å². The lowest BCUT2D eigenvalue weighted by molar-refractivity contribution is 0.842. The van der Waals surface area contributed by atoms with Crippen molar-refractivity contribution in [2.24, 2.45) is 5.10 Å². The van der Waals surface area contributed by atoms with Crippen molar-refractivity contribution in [1.82, 2.24) is 0 Å². The molecule has 0 aromatic heterocycles. The van der Waals surface area contributed by atoms with Gasteiger partial charge < -0.3 is 0 Å². The third-order valence-electron chi connectivity index (χ3n) is 3.01. The molecule has 0 spiro atoms. The first-order valence-corrected chi connectivity index (χ1v) is 5.79. The number of benzene rings is 2. The molecule has 0 saturated heterocycles. The van der Waals surface area contributed by atoms with Gasteiger partial charge in [-0.25, -0.2) is 0 Å². The molecule has 0 fully saturated rings. The predicted molar refractivity (Wildman–Crippen MR) is 71.4 cm³/mol. The Morgan fingerprint density at radius 3 is 2.82 bits per heavy atom. The maximum Gasteiger partial charge on any atom is 0.0672 e. The topological polar surface area (TPSA) is 15.6 Å². The van der Waals surface area contributed by atoms with Crippen LogP contribution < -0.4 is 5.01 Å². The molecule has 0 atom stereocenters. The Morgan fingerprint density at radius 2 is 1.94 bits per heavy atom. The van der Waals surface area contributed by atoms with E-state index in [-0.39, 0.29) is 0 Å². The van der Waals surface area contributed by atoms with Crippen LogP contribution in [0.25, 0.3) is 0 Å². The van der Waals surface area contributed by atoms with E-state index >= 15 is 0 Å². The highest BCUT2D eigenvalue weighted by molar-refractivity contribution is 5.84. The highest BCUT2D eigenvalue weighted by Crippen LogP contribution is 2.22. The van der Waals surface area contributed by atoms with Crippen molar-refractivity contribution in [3.63, 3.8) is 0 Å². The largest absolute Gasteiger partial charge is 0.261 e. The molecule has 2 aromatic carbocycles. The number of hydrogen-bond donors (Lipinski definition) is 0. The first-order valence-electron chi connectivity index (χ1n) is 5.79. The third-order valence-corrected chi connectivity index (χ3v) is 3.01. The van der Waals surface area contributed by atoms with Crippen molar-refractivity contribution in [3.05, 3.63) is 65.2 Å². The fourth-order valence-electron chi connectivity index (χ4n) is 2.08. The maximum absolute atomic E-state index is 4.49. The molecule has 0 amide bonds. The molecular formula is C15H14N2. The van der Waals surface area contributed by atoms with E-state index in [4.69, 9.17) is 0 Å². The standard InChI is InChI=1S/C15H14N2/c1-12-5-4-8-15(9-12)17-11-14-7-3-2-6-13(14)10-16-17/h2-10H,11H2,1H3. The molecule has 0 saturated carbocycles. The molecule has 0 unspecified atom stereocenters. The van der Waals surface area contributed by atoms with Crippen LogP contribution in [0.2, 0.25) is 0 Å². The molecule has 1 heterocycles. The van der Waals surface area contributed by atoms with Crippen LogP contribution in [0.5, 0.6) is 0 Å². The average Bonchev–Trinajstić information content (AvgIpc) is 2.38. The summed E-state index contributed by atoms with van der Waals surface area (Å²) in [5, 5.41) is 6.53.